The number of fused-ring (bicyclic) bond motifs is 1. The standard InChI is InChI=1S/C38H57N3O14/c42-32(39-30-8-6-7-29-35(30)38(46)41(37(29)45)31-11-12-33(43)40-36(31)44)9-2-1-4-13-47-15-16-48-17-18-49-19-20-50-21-22-51-23-24-52-25-26-53-27-28-55-34-10-3-5-14-54-34/h6-8,31,34H,1-5,9-28H2,(H,39,42)(H,40,43,44). The Balaban J connectivity index is 0.868. The van der Waals surface area contributed by atoms with Crippen LogP contribution in [0.1, 0.15) is 78.5 Å². The Morgan fingerprint density at radius 3 is 1.84 bits per heavy atom. The monoisotopic (exact) mass is 779 g/mol. The molecule has 3 aliphatic heterocycles. The first-order valence-electron chi connectivity index (χ1n) is 19.4. The minimum absolute atomic E-state index is 0.0302. The lowest BCUT2D eigenvalue weighted by Gasteiger charge is -2.27. The molecule has 1 aromatic rings. The van der Waals surface area contributed by atoms with Crippen molar-refractivity contribution in [2.75, 3.05) is 111 Å². The molecule has 17 heteroatoms. The summed E-state index contributed by atoms with van der Waals surface area (Å²) in [4.78, 5) is 63.5. The number of nitrogens with zero attached hydrogens (tertiary/aromatic N) is 1. The summed E-state index contributed by atoms with van der Waals surface area (Å²) < 4.78 is 49.7. The predicted octanol–water partition coefficient (Wildman–Crippen LogP) is 2.25. The summed E-state index contributed by atoms with van der Waals surface area (Å²) in [5.74, 6) is -2.71. The van der Waals surface area contributed by atoms with Crippen LogP contribution in [0.5, 0.6) is 0 Å². The Kier molecular flexibility index (Phi) is 21.3. The van der Waals surface area contributed by atoms with Crippen molar-refractivity contribution in [2.45, 2.75) is 70.1 Å². The van der Waals surface area contributed by atoms with Crippen LogP contribution in [0.25, 0.3) is 0 Å². The Bertz CT molecular complexity index is 1340. The van der Waals surface area contributed by atoms with Gasteiger partial charge < -0.3 is 47.9 Å². The maximum absolute atomic E-state index is 13.2. The minimum atomic E-state index is -1.07. The SMILES string of the molecule is O=C1CCC(N2C(=O)c3cccc(NC(=O)CCCCCOCCOCCOCCOCCOCCOCCOCCOC4CCCCO4)c3C2=O)C(=O)N1. The highest BCUT2D eigenvalue weighted by molar-refractivity contribution is 6.26. The molecule has 5 amide bonds. The number of benzene rings is 1. The van der Waals surface area contributed by atoms with Crippen LogP contribution in [-0.4, -0.2) is 152 Å². The van der Waals surface area contributed by atoms with Gasteiger partial charge in [0.1, 0.15) is 6.04 Å². The highest BCUT2D eigenvalue weighted by Gasteiger charge is 2.45. The molecule has 1 aromatic carbocycles. The highest BCUT2D eigenvalue weighted by atomic mass is 16.7. The van der Waals surface area contributed by atoms with Crippen molar-refractivity contribution in [3.05, 3.63) is 29.3 Å². The molecule has 2 saturated heterocycles. The second-order valence-corrected chi connectivity index (χ2v) is 13.0. The molecule has 0 radical (unpaired) electrons. The number of rotatable bonds is 30. The lowest BCUT2D eigenvalue weighted by Crippen LogP contribution is -2.54. The van der Waals surface area contributed by atoms with Crippen LogP contribution >= 0.6 is 0 Å². The van der Waals surface area contributed by atoms with Gasteiger partial charge in [-0.05, 0) is 50.7 Å². The second-order valence-electron chi connectivity index (χ2n) is 13.0. The fraction of sp³-hybridized carbons (Fsp3) is 0.711. The molecule has 17 nitrogen and oxygen atoms in total. The van der Waals surface area contributed by atoms with Gasteiger partial charge in [-0.15, -0.1) is 0 Å². The summed E-state index contributed by atoms with van der Waals surface area (Å²) in [5.41, 5.74) is 0.389. The number of nitrogens with one attached hydrogen (secondary N) is 2. The Hall–Kier alpha value is -3.39. The number of ether oxygens (including phenoxy) is 9. The highest BCUT2D eigenvalue weighted by Crippen LogP contribution is 2.32. The molecule has 4 rings (SSSR count). The number of carbonyl (C=O) groups is 5. The van der Waals surface area contributed by atoms with E-state index < -0.39 is 29.7 Å². The number of hydrogen-bond donors (Lipinski definition) is 2. The molecule has 2 fully saturated rings. The van der Waals surface area contributed by atoms with Crippen LogP contribution in [0.15, 0.2) is 18.2 Å². The quantitative estimate of drug-likeness (QED) is 0.0853. The van der Waals surface area contributed by atoms with E-state index in [0.717, 1.165) is 43.6 Å². The second kappa shape index (κ2) is 26.5. The van der Waals surface area contributed by atoms with Gasteiger partial charge in [0, 0.05) is 26.1 Å². The first-order valence-corrected chi connectivity index (χ1v) is 19.4. The summed E-state index contributed by atoms with van der Waals surface area (Å²) in [7, 11) is 0. The van der Waals surface area contributed by atoms with Crippen molar-refractivity contribution >= 4 is 35.2 Å². The fourth-order valence-corrected chi connectivity index (χ4v) is 6.00. The number of piperidine rings is 1. The van der Waals surface area contributed by atoms with E-state index in [0.29, 0.717) is 106 Å². The minimum Gasteiger partial charge on any atom is -0.379 e. The third-order valence-electron chi connectivity index (χ3n) is 8.84. The zero-order valence-corrected chi connectivity index (χ0v) is 31.7. The van der Waals surface area contributed by atoms with Gasteiger partial charge in [0.2, 0.25) is 17.7 Å². The van der Waals surface area contributed by atoms with Gasteiger partial charge in [-0.25, -0.2) is 0 Å². The van der Waals surface area contributed by atoms with Crippen molar-refractivity contribution in [2.24, 2.45) is 0 Å². The van der Waals surface area contributed by atoms with Gasteiger partial charge in [-0.1, -0.05) is 12.5 Å². The lowest BCUT2D eigenvalue weighted by molar-refractivity contribution is -0.169. The van der Waals surface area contributed by atoms with E-state index in [1.54, 1.807) is 12.1 Å². The number of unbranched alkanes of at least 4 members (excludes halogenated alkanes) is 2. The Morgan fingerprint density at radius 1 is 0.691 bits per heavy atom. The molecule has 3 heterocycles. The number of amides is 5. The maximum atomic E-state index is 13.2. The topological polar surface area (TPSA) is 196 Å². The Labute approximate surface area is 322 Å². The van der Waals surface area contributed by atoms with Crippen molar-refractivity contribution < 1.29 is 66.6 Å². The van der Waals surface area contributed by atoms with Crippen LogP contribution in [0, 0.1) is 0 Å². The summed E-state index contributed by atoms with van der Waals surface area (Å²) in [6, 6.07) is 3.54. The van der Waals surface area contributed by atoms with E-state index >= 15 is 0 Å². The average molecular weight is 780 g/mol. The number of imide groups is 2. The lowest BCUT2D eigenvalue weighted by atomic mass is 10.0. The van der Waals surface area contributed by atoms with Crippen molar-refractivity contribution in [3.8, 4) is 0 Å². The van der Waals surface area contributed by atoms with Crippen molar-refractivity contribution in [3.63, 3.8) is 0 Å². The van der Waals surface area contributed by atoms with Crippen LogP contribution in [0.2, 0.25) is 0 Å². The van der Waals surface area contributed by atoms with Gasteiger partial charge in [0.25, 0.3) is 11.8 Å². The van der Waals surface area contributed by atoms with Gasteiger partial charge in [0.15, 0.2) is 6.29 Å². The zero-order valence-electron chi connectivity index (χ0n) is 31.7. The summed E-state index contributed by atoms with van der Waals surface area (Å²) in [6.07, 6.45) is 5.60. The van der Waals surface area contributed by atoms with E-state index in [4.69, 9.17) is 42.6 Å². The van der Waals surface area contributed by atoms with Crippen LogP contribution < -0.4 is 10.6 Å². The van der Waals surface area contributed by atoms with E-state index in [2.05, 4.69) is 10.6 Å². The molecule has 2 atom stereocenters. The molecule has 0 aromatic heterocycles. The van der Waals surface area contributed by atoms with Crippen molar-refractivity contribution in [1.82, 2.24) is 10.2 Å². The molecule has 55 heavy (non-hydrogen) atoms. The van der Waals surface area contributed by atoms with Crippen LogP contribution in [0.3, 0.4) is 0 Å². The molecule has 2 N–H and O–H groups in total. The third-order valence-corrected chi connectivity index (χ3v) is 8.84. The molecule has 3 aliphatic rings. The zero-order chi connectivity index (χ0) is 38.9. The molecule has 308 valence electrons. The summed E-state index contributed by atoms with van der Waals surface area (Å²) in [6.45, 7) is 8.09. The van der Waals surface area contributed by atoms with Gasteiger partial charge >= 0.3 is 0 Å². The van der Waals surface area contributed by atoms with E-state index in [-0.39, 0.29) is 48.3 Å². The summed E-state index contributed by atoms with van der Waals surface area (Å²) >= 11 is 0. The van der Waals surface area contributed by atoms with Gasteiger partial charge in [-0.3, -0.25) is 34.2 Å². The summed E-state index contributed by atoms with van der Waals surface area (Å²) in [5, 5.41) is 4.91. The third kappa shape index (κ3) is 16.3. The maximum Gasteiger partial charge on any atom is 0.264 e. The van der Waals surface area contributed by atoms with Crippen molar-refractivity contribution in [1.29, 1.82) is 0 Å². The fourth-order valence-electron chi connectivity index (χ4n) is 6.00. The van der Waals surface area contributed by atoms with Crippen LogP contribution in [-0.2, 0) is 57.0 Å². The molecule has 0 saturated carbocycles. The molecule has 0 spiro atoms. The van der Waals surface area contributed by atoms with Crippen LogP contribution in [0.4, 0.5) is 5.69 Å². The Morgan fingerprint density at radius 2 is 1.27 bits per heavy atom. The van der Waals surface area contributed by atoms with E-state index in [1.165, 1.54) is 6.07 Å². The molecular weight excluding hydrogens is 722 g/mol. The average Bonchev–Trinajstić information content (AvgIpc) is 3.44. The smallest absolute Gasteiger partial charge is 0.264 e. The predicted molar refractivity (Wildman–Crippen MR) is 195 cm³/mol. The molecule has 2 unspecified atom stereocenters. The molecule has 0 aliphatic carbocycles. The normalized spacial score (nSPS) is 18.5. The van der Waals surface area contributed by atoms with Gasteiger partial charge in [-0.2, -0.15) is 0 Å². The first-order chi connectivity index (χ1) is 27.0. The first kappa shape index (κ1) is 44.3. The number of hydrogen-bond acceptors (Lipinski definition) is 14. The number of carbonyl (C=O) groups excluding carboxylic acids is 5. The van der Waals surface area contributed by atoms with E-state index in [1.807, 2.05) is 0 Å². The molecule has 0 bridgehead atoms. The molecular formula is C38H57N3O14. The van der Waals surface area contributed by atoms with Gasteiger partial charge in [0.05, 0.1) is 109 Å². The number of anilines is 1. The van der Waals surface area contributed by atoms with E-state index in [9.17, 15) is 24.0 Å². The largest absolute Gasteiger partial charge is 0.379 e.